The number of ether oxygens (including phenoxy) is 2. The molecule has 0 aliphatic rings. The van der Waals surface area contributed by atoms with Gasteiger partial charge in [0.25, 0.3) is 0 Å². The van der Waals surface area contributed by atoms with Crippen LogP contribution in [0.1, 0.15) is 31.9 Å². The lowest BCUT2D eigenvalue weighted by molar-refractivity contribution is -0.139. The zero-order chi connectivity index (χ0) is 26.3. The Labute approximate surface area is 208 Å². The predicted octanol–water partition coefficient (Wildman–Crippen LogP) is 2.72. The molecule has 1 atom stereocenters. The highest BCUT2D eigenvalue weighted by Gasteiger charge is 2.31. The normalized spacial score (nSPS) is 12.1. The molecule has 0 aromatic heterocycles. The minimum atomic E-state index is -3.88. The van der Waals surface area contributed by atoms with Gasteiger partial charge in [-0.25, -0.2) is 8.42 Å². The number of nitrogens with one attached hydrogen (secondary N) is 1. The smallest absolute Gasteiger partial charge is 0.244 e. The average Bonchev–Trinajstić information content (AvgIpc) is 2.79. The van der Waals surface area contributed by atoms with E-state index in [1.54, 1.807) is 19.1 Å². The van der Waals surface area contributed by atoms with E-state index in [1.807, 2.05) is 45.0 Å². The molecule has 0 spiro atoms. The summed E-state index contributed by atoms with van der Waals surface area (Å²) in [5.74, 6) is -0.137. The Morgan fingerprint density at radius 2 is 1.69 bits per heavy atom. The van der Waals surface area contributed by atoms with Gasteiger partial charge in [-0.2, -0.15) is 0 Å². The second-order valence-corrected chi connectivity index (χ2v) is 10.5. The van der Waals surface area contributed by atoms with Crippen LogP contribution in [0.5, 0.6) is 11.5 Å². The van der Waals surface area contributed by atoms with E-state index in [4.69, 9.17) is 9.47 Å². The van der Waals surface area contributed by atoms with Crippen molar-refractivity contribution in [1.29, 1.82) is 0 Å². The molecule has 0 saturated heterocycles. The number of carbonyl (C=O) groups is 2. The quantitative estimate of drug-likeness (QED) is 0.504. The molecule has 0 bridgehead atoms. The topological polar surface area (TPSA) is 105 Å². The highest BCUT2D eigenvalue weighted by Crippen LogP contribution is 2.33. The maximum atomic E-state index is 13.6. The first kappa shape index (κ1) is 28.0. The minimum Gasteiger partial charge on any atom is -0.497 e. The van der Waals surface area contributed by atoms with Gasteiger partial charge < -0.3 is 19.7 Å². The van der Waals surface area contributed by atoms with Crippen molar-refractivity contribution in [1.82, 2.24) is 10.2 Å². The number of aryl methyl sites for hydroxylation is 1. The second-order valence-electron chi connectivity index (χ2n) is 8.59. The first-order valence-electron chi connectivity index (χ1n) is 11.2. The molecule has 0 radical (unpaired) electrons. The molecule has 192 valence electrons. The molecule has 10 heteroatoms. The van der Waals surface area contributed by atoms with Crippen molar-refractivity contribution in [3.05, 3.63) is 53.6 Å². The Kier molecular flexibility index (Phi) is 9.53. The molecule has 0 fully saturated rings. The molecule has 0 aliphatic heterocycles. The standard InChI is InChI=1S/C25H35N3O6S/c1-17(2)26-25(30)19(4)27(15-20-11-9-8-10-18(20)3)24(29)16-28(35(7,31)32)22-13-12-21(33-5)14-23(22)34-6/h8-14,17,19H,15-16H2,1-7H3,(H,26,30)/t19-/m0/s1. The highest BCUT2D eigenvalue weighted by atomic mass is 32.2. The van der Waals surface area contributed by atoms with E-state index in [-0.39, 0.29) is 29.9 Å². The molecule has 0 unspecified atom stereocenters. The zero-order valence-electron chi connectivity index (χ0n) is 21.4. The van der Waals surface area contributed by atoms with E-state index < -0.39 is 28.5 Å². The Morgan fingerprint density at radius 3 is 2.23 bits per heavy atom. The summed E-state index contributed by atoms with van der Waals surface area (Å²) in [7, 11) is -0.989. The summed E-state index contributed by atoms with van der Waals surface area (Å²) in [4.78, 5) is 27.8. The molecule has 2 amide bonds. The van der Waals surface area contributed by atoms with Crippen molar-refractivity contribution in [2.45, 2.75) is 46.3 Å². The van der Waals surface area contributed by atoms with Crippen molar-refractivity contribution in [3.8, 4) is 11.5 Å². The maximum Gasteiger partial charge on any atom is 0.244 e. The van der Waals surface area contributed by atoms with Crippen LogP contribution in [0, 0.1) is 6.92 Å². The number of amides is 2. The third-order valence-electron chi connectivity index (χ3n) is 5.53. The molecular weight excluding hydrogens is 470 g/mol. The molecule has 2 aromatic rings. The van der Waals surface area contributed by atoms with Crippen LogP contribution in [0.25, 0.3) is 0 Å². The van der Waals surface area contributed by atoms with Gasteiger partial charge in [0.1, 0.15) is 24.1 Å². The molecule has 1 N–H and O–H groups in total. The van der Waals surface area contributed by atoms with Crippen molar-refractivity contribution in [2.75, 3.05) is 31.3 Å². The summed E-state index contributed by atoms with van der Waals surface area (Å²) < 4.78 is 37.1. The minimum absolute atomic E-state index is 0.114. The van der Waals surface area contributed by atoms with Gasteiger partial charge >= 0.3 is 0 Å². The first-order valence-corrected chi connectivity index (χ1v) is 13.1. The summed E-state index contributed by atoms with van der Waals surface area (Å²) in [5.41, 5.74) is 2.01. The van der Waals surface area contributed by atoms with Gasteiger partial charge in [-0.1, -0.05) is 24.3 Å². The van der Waals surface area contributed by atoms with Crippen LogP contribution in [0.15, 0.2) is 42.5 Å². The SMILES string of the molecule is COc1ccc(N(CC(=O)N(Cc2ccccc2C)[C@@H](C)C(=O)NC(C)C)S(C)(=O)=O)c(OC)c1. The van der Waals surface area contributed by atoms with Crippen LogP contribution in [-0.4, -0.2) is 64.2 Å². The van der Waals surface area contributed by atoms with Gasteiger partial charge in [-0.3, -0.25) is 13.9 Å². The largest absolute Gasteiger partial charge is 0.497 e. The molecule has 9 nitrogen and oxygen atoms in total. The summed E-state index contributed by atoms with van der Waals surface area (Å²) in [5, 5.41) is 2.83. The Hall–Kier alpha value is -3.27. The van der Waals surface area contributed by atoms with E-state index >= 15 is 0 Å². The van der Waals surface area contributed by atoms with Crippen LogP contribution in [-0.2, 0) is 26.2 Å². The van der Waals surface area contributed by atoms with E-state index in [0.717, 1.165) is 21.7 Å². The number of benzene rings is 2. The van der Waals surface area contributed by atoms with E-state index in [9.17, 15) is 18.0 Å². The third-order valence-corrected chi connectivity index (χ3v) is 6.66. The van der Waals surface area contributed by atoms with E-state index in [2.05, 4.69) is 5.32 Å². The van der Waals surface area contributed by atoms with Crippen LogP contribution >= 0.6 is 0 Å². The number of hydrogen-bond donors (Lipinski definition) is 1. The Balaban J connectivity index is 2.48. The molecular formula is C25H35N3O6S. The van der Waals surface area contributed by atoms with Crippen molar-refractivity contribution >= 4 is 27.5 Å². The fourth-order valence-corrected chi connectivity index (χ4v) is 4.40. The van der Waals surface area contributed by atoms with Gasteiger partial charge in [-0.15, -0.1) is 0 Å². The van der Waals surface area contributed by atoms with Gasteiger partial charge in [-0.05, 0) is 51.0 Å². The van der Waals surface area contributed by atoms with Gasteiger partial charge in [0.05, 0.1) is 26.2 Å². The van der Waals surface area contributed by atoms with Gasteiger partial charge in [0, 0.05) is 18.7 Å². The average molecular weight is 506 g/mol. The lowest BCUT2D eigenvalue weighted by Crippen LogP contribution is -2.52. The van der Waals surface area contributed by atoms with Crippen molar-refractivity contribution in [2.24, 2.45) is 0 Å². The van der Waals surface area contributed by atoms with Gasteiger partial charge in [0.15, 0.2) is 0 Å². The number of methoxy groups -OCH3 is 2. The number of anilines is 1. The molecule has 2 rings (SSSR count). The van der Waals surface area contributed by atoms with Crippen molar-refractivity contribution < 1.29 is 27.5 Å². The Bertz CT molecular complexity index is 1150. The lowest BCUT2D eigenvalue weighted by atomic mass is 10.1. The fraction of sp³-hybridized carbons (Fsp3) is 0.440. The molecule has 0 aliphatic carbocycles. The third kappa shape index (κ3) is 7.35. The molecule has 35 heavy (non-hydrogen) atoms. The highest BCUT2D eigenvalue weighted by molar-refractivity contribution is 7.92. The van der Waals surface area contributed by atoms with Crippen LogP contribution in [0.2, 0.25) is 0 Å². The van der Waals surface area contributed by atoms with Gasteiger partial charge in [0.2, 0.25) is 21.8 Å². The Morgan fingerprint density at radius 1 is 1.03 bits per heavy atom. The lowest BCUT2D eigenvalue weighted by Gasteiger charge is -2.32. The number of nitrogens with zero attached hydrogens (tertiary/aromatic N) is 2. The maximum absolute atomic E-state index is 13.6. The van der Waals surface area contributed by atoms with Crippen molar-refractivity contribution in [3.63, 3.8) is 0 Å². The predicted molar refractivity (Wildman–Crippen MR) is 136 cm³/mol. The van der Waals surface area contributed by atoms with E-state index in [1.165, 1.54) is 25.2 Å². The van der Waals surface area contributed by atoms with Crippen LogP contribution in [0.4, 0.5) is 5.69 Å². The summed E-state index contributed by atoms with van der Waals surface area (Å²) >= 11 is 0. The zero-order valence-corrected chi connectivity index (χ0v) is 22.2. The second kappa shape index (κ2) is 11.9. The fourth-order valence-electron chi connectivity index (χ4n) is 3.54. The number of carbonyl (C=O) groups excluding carboxylic acids is 2. The molecule has 0 heterocycles. The molecule has 2 aromatic carbocycles. The molecule has 0 saturated carbocycles. The first-order chi connectivity index (χ1) is 16.4. The number of hydrogen-bond acceptors (Lipinski definition) is 6. The summed E-state index contributed by atoms with van der Waals surface area (Å²) in [6.07, 6.45) is 1.02. The van der Waals surface area contributed by atoms with E-state index in [0.29, 0.717) is 5.75 Å². The van der Waals surface area contributed by atoms with Crippen LogP contribution in [0.3, 0.4) is 0 Å². The monoisotopic (exact) mass is 505 g/mol. The number of rotatable bonds is 11. The summed E-state index contributed by atoms with van der Waals surface area (Å²) in [6, 6.07) is 11.3. The van der Waals surface area contributed by atoms with Crippen LogP contribution < -0.4 is 19.1 Å². The summed E-state index contributed by atoms with van der Waals surface area (Å²) in [6.45, 7) is 6.86. The number of sulfonamides is 1.